The lowest BCUT2D eigenvalue weighted by Gasteiger charge is -2.09. The van der Waals surface area contributed by atoms with Crippen molar-refractivity contribution in [3.8, 4) is 0 Å². The number of hydrogen-bond donors (Lipinski definition) is 1. The molecule has 0 heterocycles. The van der Waals surface area contributed by atoms with Gasteiger partial charge in [0.25, 0.3) is 5.91 Å². The summed E-state index contributed by atoms with van der Waals surface area (Å²) in [5.41, 5.74) is 1.01. The minimum Gasteiger partial charge on any atom is -0.321 e. The number of amides is 1. The van der Waals surface area contributed by atoms with Gasteiger partial charge in [0.2, 0.25) is 0 Å². The molecule has 0 radical (unpaired) electrons. The highest BCUT2D eigenvalue weighted by Crippen LogP contribution is 2.26. The average molecular weight is 426 g/mol. The molecule has 2 aromatic rings. The summed E-state index contributed by atoms with van der Waals surface area (Å²) in [4.78, 5) is 12.1. The fourth-order valence-electron chi connectivity index (χ4n) is 1.46. The second-order valence-electron chi connectivity index (χ2n) is 3.70. The van der Waals surface area contributed by atoms with Crippen molar-refractivity contribution in [2.45, 2.75) is 0 Å². The van der Waals surface area contributed by atoms with Crippen LogP contribution >= 0.6 is 57.4 Å². The van der Waals surface area contributed by atoms with Gasteiger partial charge < -0.3 is 5.32 Å². The smallest absolute Gasteiger partial charge is 0.256 e. The van der Waals surface area contributed by atoms with E-state index in [1.54, 1.807) is 36.4 Å². The predicted octanol–water partition coefficient (Wildman–Crippen LogP) is 5.50. The van der Waals surface area contributed by atoms with Crippen molar-refractivity contribution in [2.24, 2.45) is 0 Å². The van der Waals surface area contributed by atoms with Crippen LogP contribution in [-0.4, -0.2) is 5.91 Å². The Morgan fingerprint density at radius 1 is 1.00 bits per heavy atom. The van der Waals surface area contributed by atoms with Gasteiger partial charge in [0.15, 0.2) is 0 Å². The highest BCUT2D eigenvalue weighted by molar-refractivity contribution is 14.1. The van der Waals surface area contributed by atoms with E-state index in [1.807, 2.05) is 0 Å². The van der Waals surface area contributed by atoms with Crippen LogP contribution in [0.25, 0.3) is 0 Å². The van der Waals surface area contributed by atoms with Gasteiger partial charge in [-0.25, -0.2) is 0 Å². The summed E-state index contributed by atoms with van der Waals surface area (Å²) in [5, 5.41) is 4.25. The monoisotopic (exact) mass is 425 g/mol. The molecule has 0 spiro atoms. The van der Waals surface area contributed by atoms with Crippen LogP contribution in [-0.2, 0) is 0 Å². The summed E-state index contributed by atoms with van der Waals surface area (Å²) in [6.45, 7) is 0. The van der Waals surface area contributed by atoms with Gasteiger partial charge in [0, 0.05) is 13.6 Å². The molecule has 0 saturated carbocycles. The first kappa shape index (κ1) is 14.9. The Kier molecular flexibility index (Phi) is 4.95. The van der Waals surface area contributed by atoms with Gasteiger partial charge in [-0.05, 0) is 59.0 Å². The SMILES string of the molecule is O=C(Nc1cc(Cl)ccc1Cl)c1ccc(Cl)cc1I. The number of hydrogen-bond acceptors (Lipinski definition) is 1. The van der Waals surface area contributed by atoms with Gasteiger partial charge in [-0.1, -0.05) is 34.8 Å². The van der Waals surface area contributed by atoms with Gasteiger partial charge in [0.05, 0.1) is 16.3 Å². The van der Waals surface area contributed by atoms with Crippen LogP contribution in [0.2, 0.25) is 15.1 Å². The Bertz CT molecular complexity index is 646. The van der Waals surface area contributed by atoms with Crippen molar-refractivity contribution < 1.29 is 4.79 Å². The van der Waals surface area contributed by atoms with Crippen LogP contribution in [0.5, 0.6) is 0 Å². The molecule has 0 unspecified atom stereocenters. The molecule has 0 aliphatic rings. The molecule has 98 valence electrons. The molecule has 1 N–H and O–H groups in total. The highest BCUT2D eigenvalue weighted by atomic mass is 127. The normalized spacial score (nSPS) is 10.3. The maximum absolute atomic E-state index is 12.1. The number of carbonyl (C=O) groups is 1. The van der Waals surface area contributed by atoms with Gasteiger partial charge in [-0.15, -0.1) is 0 Å². The number of benzene rings is 2. The van der Waals surface area contributed by atoms with Crippen LogP contribution in [0.4, 0.5) is 5.69 Å². The third-order valence-corrected chi connectivity index (χ3v) is 4.04. The van der Waals surface area contributed by atoms with E-state index in [1.165, 1.54) is 0 Å². The van der Waals surface area contributed by atoms with E-state index >= 15 is 0 Å². The molecular weight excluding hydrogens is 419 g/mol. The number of carbonyl (C=O) groups excluding carboxylic acids is 1. The van der Waals surface area contributed by atoms with E-state index in [9.17, 15) is 4.79 Å². The van der Waals surface area contributed by atoms with Crippen molar-refractivity contribution in [1.82, 2.24) is 0 Å². The molecule has 0 fully saturated rings. The molecular formula is C13H7Cl3INO. The van der Waals surface area contributed by atoms with Gasteiger partial charge in [-0.2, -0.15) is 0 Å². The van der Waals surface area contributed by atoms with Crippen LogP contribution in [0, 0.1) is 3.57 Å². The predicted molar refractivity (Wildman–Crippen MR) is 88.6 cm³/mol. The lowest BCUT2D eigenvalue weighted by atomic mass is 10.2. The Morgan fingerprint density at radius 3 is 2.32 bits per heavy atom. The number of halogens is 4. The molecule has 0 aliphatic heterocycles. The number of rotatable bonds is 2. The summed E-state index contributed by atoms with van der Waals surface area (Å²) >= 11 is 19.8. The molecule has 2 aromatic carbocycles. The highest BCUT2D eigenvalue weighted by Gasteiger charge is 2.12. The van der Waals surface area contributed by atoms with E-state index in [4.69, 9.17) is 34.8 Å². The Hall–Kier alpha value is -0.490. The number of anilines is 1. The van der Waals surface area contributed by atoms with E-state index in [0.717, 1.165) is 3.57 Å². The zero-order valence-electron chi connectivity index (χ0n) is 9.38. The maximum Gasteiger partial charge on any atom is 0.256 e. The summed E-state index contributed by atoms with van der Waals surface area (Å²) < 4.78 is 0.765. The van der Waals surface area contributed by atoms with Crippen molar-refractivity contribution in [3.05, 3.63) is 60.6 Å². The van der Waals surface area contributed by atoms with Crippen LogP contribution in [0.1, 0.15) is 10.4 Å². The van der Waals surface area contributed by atoms with Gasteiger partial charge >= 0.3 is 0 Å². The minimum absolute atomic E-state index is 0.259. The van der Waals surface area contributed by atoms with E-state index < -0.39 is 0 Å². The standard InChI is InChI=1S/C13H7Cl3INO/c14-7-1-3-9(11(17)5-7)13(19)18-12-6-8(15)2-4-10(12)16/h1-6H,(H,18,19). The molecule has 1 amide bonds. The van der Waals surface area contributed by atoms with Crippen LogP contribution in [0.3, 0.4) is 0 Å². The Labute approximate surface area is 139 Å². The van der Waals surface area contributed by atoms with Crippen LogP contribution in [0.15, 0.2) is 36.4 Å². The molecule has 0 saturated heterocycles. The fourth-order valence-corrected chi connectivity index (χ4v) is 2.91. The summed E-state index contributed by atoms with van der Waals surface area (Å²) in [5.74, 6) is -0.259. The van der Waals surface area contributed by atoms with Gasteiger partial charge in [-0.3, -0.25) is 4.79 Å². The fraction of sp³-hybridized carbons (Fsp3) is 0. The third-order valence-electron chi connectivity index (χ3n) is 2.35. The van der Waals surface area contributed by atoms with Crippen molar-refractivity contribution in [1.29, 1.82) is 0 Å². The maximum atomic E-state index is 12.1. The molecule has 0 bridgehead atoms. The van der Waals surface area contributed by atoms with E-state index in [2.05, 4.69) is 27.9 Å². The Morgan fingerprint density at radius 2 is 1.63 bits per heavy atom. The van der Waals surface area contributed by atoms with E-state index in [-0.39, 0.29) is 5.91 Å². The summed E-state index contributed by atoms with van der Waals surface area (Å²) in [6, 6.07) is 9.94. The minimum atomic E-state index is -0.259. The first-order valence-corrected chi connectivity index (χ1v) is 7.40. The molecule has 2 rings (SSSR count). The lowest BCUT2D eigenvalue weighted by Crippen LogP contribution is -2.13. The largest absolute Gasteiger partial charge is 0.321 e. The first-order valence-electron chi connectivity index (χ1n) is 5.19. The third kappa shape index (κ3) is 3.75. The molecule has 2 nitrogen and oxygen atoms in total. The second kappa shape index (κ2) is 6.31. The van der Waals surface area contributed by atoms with Crippen molar-refractivity contribution in [2.75, 3.05) is 5.32 Å². The van der Waals surface area contributed by atoms with Gasteiger partial charge in [0.1, 0.15) is 0 Å². The quantitative estimate of drug-likeness (QED) is 0.631. The molecule has 0 atom stereocenters. The summed E-state index contributed by atoms with van der Waals surface area (Å²) in [6.07, 6.45) is 0. The zero-order chi connectivity index (χ0) is 14.0. The molecule has 19 heavy (non-hydrogen) atoms. The Balaban J connectivity index is 2.28. The molecule has 0 aromatic heterocycles. The first-order chi connectivity index (χ1) is 8.97. The van der Waals surface area contributed by atoms with E-state index in [0.29, 0.717) is 26.3 Å². The topological polar surface area (TPSA) is 29.1 Å². The molecule has 6 heteroatoms. The second-order valence-corrected chi connectivity index (χ2v) is 6.14. The lowest BCUT2D eigenvalue weighted by molar-refractivity contribution is 0.102. The van der Waals surface area contributed by atoms with Crippen molar-refractivity contribution >= 4 is 69.0 Å². The van der Waals surface area contributed by atoms with Crippen LogP contribution < -0.4 is 5.32 Å². The summed E-state index contributed by atoms with van der Waals surface area (Å²) in [7, 11) is 0. The van der Waals surface area contributed by atoms with Crippen molar-refractivity contribution in [3.63, 3.8) is 0 Å². The zero-order valence-corrected chi connectivity index (χ0v) is 13.8. The number of nitrogens with one attached hydrogen (secondary N) is 1. The molecule has 0 aliphatic carbocycles. The average Bonchev–Trinajstić information content (AvgIpc) is 2.33.